The fraction of sp³-hybridized carbons (Fsp3) is 0.464. The zero-order valence-electron chi connectivity index (χ0n) is 22.3. The Hall–Kier alpha value is -4.24. The fourth-order valence-corrected chi connectivity index (χ4v) is 4.21. The molecule has 208 valence electrons. The first-order chi connectivity index (χ1) is 18.8. The van der Waals surface area contributed by atoms with Crippen molar-refractivity contribution in [3.8, 4) is 5.75 Å². The molecule has 2 aliphatic heterocycles. The van der Waals surface area contributed by atoms with Crippen LogP contribution in [0.3, 0.4) is 0 Å². The number of alkyl carbamates (subject to hydrolysis) is 1. The third-order valence-corrected chi connectivity index (χ3v) is 6.20. The summed E-state index contributed by atoms with van der Waals surface area (Å²) in [5.74, 6) is -0.122. The predicted octanol–water partition coefficient (Wildman–Crippen LogP) is 4.02. The molecule has 0 saturated carbocycles. The monoisotopic (exact) mass is 536 g/mol. The Morgan fingerprint density at radius 1 is 1.13 bits per heavy atom. The largest absolute Gasteiger partial charge is 0.494 e. The highest BCUT2D eigenvalue weighted by molar-refractivity contribution is 5.91. The number of hydrogen-bond donors (Lipinski definition) is 3. The van der Waals surface area contributed by atoms with E-state index >= 15 is 0 Å². The van der Waals surface area contributed by atoms with Gasteiger partial charge in [0.25, 0.3) is 0 Å². The van der Waals surface area contributed by atoms with E-state index in [0.717, 1.165) is 11.1 Å². The van der Waals surface area contributed by atoms with Crippen molar-refractivity contribution in [1.82, 2.24) is 16.0 Å². The summed E-state index contributed by atoms with van der Waals surface area (Å²) in [6.07, 6.45) is 0.985. The lowest BCUT2D eigenvalue weighted by Crippen LogP contribution is -2.56. The summed E-state index contributed by atoms with van der Waals surface area (Å²) in [6.45, 7) is 4.46. The van der Waals surface area contributed by atoms with Gasteiger partial charge in [-0.05, 0) is 54.0 Å². The van der Waals surface area contributed by atoms with E-state index in [1.165, 1.54) is 0 Å². The number of nitrogens with one attached hydrogen (secondary N) is 3. The van der Waals surface area contributed by atoms with Crippen LogP contribution in [0, 0.1) is 5.92 Å². The van der Waals surface area contributed by atoms with Crippen LogP contribution in [0.5, 0.6) is 5.75 Å². The Morgan fingerprint density at radius 2 is 1.87 bits per heavy atom. The van der Waals surface area contributed by atoms with E-state index in [4.69, 9.17) is 15.0 Å². The standard InChI is InChI=1S/C28H36N6O5/c1-19(2)15-24-26(35)31-22(17-30-34-29)9-6-14-38-23-12-10-20(11-13-23)16-25(27(36)32-24)33-28(37)39-18-21-7-4-3-5-8-21/h3-5,7-8,10-13,19,22,24-25H,6,9,14-18H2,1-2H3,(H,31,35)(H,32,36)(H,33,37)/t22-,24-,25-/m0/s1. The molecule has 0 aliphatic carbocycles. The number of carbonyl (C=O) groups is 3. The second-order valence-electron chi connectivity index (χ2n) is 9.91. The van der Waals surface area contributed by atoms with Crippen LogP contribution in [0.4, 0.5) is 4.79 Å². The predicted molar refractivity (Wildman–Crippen MR) is 146 cm³/mol. The number of carbonyl (C=O) groups excluding carboxylic acids is 3. The Labute approximate surface area is 228 Å². The van der Waals surface area contributed by atoms with Crippen LogP contribution >= 0.6 is 0 Å². The number of hydrogen-bond acceptors (Lipinski definition) is 6. The molecule has 11 nitrogen and oxygen atoms in total. The molecule has 3 atom stereocenters. The van der Waals surface area contributed by atoms with Gasteiger partial charge < -0.3 is 25.4 Å². The van der Waals surface area contributed by atoms with E-state index in [2.05, 4.69) is 26.0 Å². The summed E-state index contributed by atoms with van der Waals surface area (Å²) >= 11 is 0. The van der Waals surface area contributed by atoms with E-state index in [1.807, 2.05) is 68.4 Å². The molecule has 39 heavy (non-hydrogen) atoms. The molecule has 2 bridgehead atoms. The SMILES string of the molecule is CC(C)C[C@@H]1NC(=O)[C@@H](NC(=O)OCc2ccccc2)Cc2ccc(cc2)OCCC[C@@H](CN=[N+]=[N-])NC1=O. The van der Waals surface area contributed by atoms with E-state index in [1.54, 1.807) is 0 Å². The Kier molecular flexibility index (Phi) is 11.5. The van der Waals surface area contributed by atoms with E-state index in [-0.39, 0.29) is 31.4 Å². The minimum atomic E-state index is -0.991. The molecule has 0 aromatic heterocycles. The van der Waals surface area contributed by atoms with Crippen molar-refractivity contribution in [2.45, 2.75) is 64.3 Å². The Bertz CT molecular complexity index is 1130. The van der Waals surface area contributed by atoms with Crippen LogP contribution in [0.15, 0.2) is 59.7 Å². The van der Waals surface area contributed by atoms with Crippen molar-refractivity contribution in [2.75, 3.05) is 13.2 Å². The highest BCUT2D eigenvalue weighted by Crippen LogP contribution is 2.16. The lowest BCUT2D eigenvalue weighted by atomic mass is 10.0. The Morgan fingerprint density at radius 3 is 2.56 bits per heavy atom. The minimum Gasteiger partial charge on any atom is -0.494 e. The van der Waals surface area contributed by atoms with Gasteiger partial charge in [0.15, 0.2) is 0 Å². The lowest BCUT2D eigenvalue weighted by Gasteiger charge is -2.26. The van der Waals surface area contributed by atoms with Gasteiger partial charge in [-0.25, -0.2) is 4.79 Å². The average molecular weight is 537 g/mol. The molecule has 0 saturated heterocycles. The second-order valence-corrected chi connectivity index (χ2v) is 9.91. The number of rotatable bonds is 7. The highest BCUT2D eigenvalue weighted by atomic mass is 16.5. The zero-order chi connectivity index (χ0) is 28.0. The molecule has 2 aromatic rings. The lowest BCUT2D eigenvalue weighted by molar-refractivity contribution is -0.130. The third kappa shape index (κ3) is 10.2. The van der Waals surface area contributed by atoms with Gasteiger partial charge in [-0.2, -0.15) is 0 Å². The van der Waals surface area contributed by atoms with Crippen molar-refractivity contribution in [1.29, 1.82) is 0 Å². The molecule has 0 radical (unpaired) electrons. The summed E-state index contributed by atoms with van der Waals surface area (Å²) < 4.78 is 11.2. The maximum Gasteiger partial charge on any atom is 0.408 e. The molecule has 11 heteroatoms. The van der Waals surface area contributed by atoms with Crippen LogP contribution in [0.2, 0.25) is 0 Å². The molecule has 0 fully saturated rings. The number of benzene rings is 2. The Balaban J connectivity index is 1.82. The topological polar surface area (TPSA) is 155 Å². The molecule has 3 amide bonds. The summed E-state index contributed by atoms with van der Waals surface area (Å²) in [7, 11) is 0. The van der Waals surface area contributed by atoms with Crippen molar-refractivity contribution in [2.24, 2.45) is 11.0 Å². The molecule has 3 N–H and O–H groups in total. The third-order valence-electron chi connectivity index (χ3n) is 6.20. The second kappa shape index (κ2) is 15.2. The molecule has 0 spiro atoms. The molecular weight excluding hydrogens is 500 g/mol. The molecule has 2 heterocycles. The fourth-order valence-electron chi connectivity index (χ4n) is 4.21. The first-order valence-electron chi connectivity index (χ1n) is 13.1. The van der Waals surface area contributed by atoms with E-state index in [9.17, 15) is 14.4 Å². The number of amides is 3. The van der Waals surface area contributed by atoms with Gasteiger partial charge >= 0.3 is 6.09 Å². The smallest absolute Gasteiger partial charge is 0.408 e. The number of ether oxygens (including phenoxy) is 2. The van der Waals surface area contributed by atoms with Crippen molar-refractivity contribution < 1.29 is 23.9 Å². The molecule has 4 rings (SSSR count). The van der Waals surface area contributed by atoms with Gasteiger partial charge in [0.05, 0.1) is 6.61 Å². The summed E-state index contributed by atoms with van der Waals surface area (Å²) in [5.41, 5.74) is 10.4. The molecule has 2 aromatic carbocycles. The molecular formula is C28H36N6O5. The van der Waals surface area contributed by atoms with Crippen LogP contribution in [0.1, 0.15) is 44.2 Å². The van der Waals surface area contributed by atoms with Crippen LogP contribution < -0.4 is 20.7 Å². The van der Waals surface area contributed by atoms with Crippen molar-refractivity contribution >= 4 is 17.9 Å². The van der Waals surface area contributed by atoms with Gasteiger partial charge in [-0.1, -0.05) is 61.4 Å². The zero-order valence-corrected chi connectivity index (χ0v) is 22.3. The van der Waals surface area contributed by atoms with Crippen LogP contribution in [0.25, 0.3) is 10.4 Å². The maximum atomic E-state index is 13.5. The van der Waals surface area contributed by atoms with E-state index < -0.39 is 30.1 Å². The highest BCUT2D eigenvalue weighted by Gasteiger charge is 2.29. The summed E-state index contributed by atoms with van der Waals surface area (Å²) in [4.78, 5) is 42.2. The normalized spacial score (nSPS) is 20.2. The summed E-state index contributed by atoms with van der Waals surface area (Å²) in [6, 6.07) is 14.3. The maximum absolute atomic E-state index is 13.5. The first kappa shape index (κ1) is 29.3. The molecule has 0 unspecified atom stereocenters. The quantitative estimate of drug-likeness (QED) is 0.277. The number of fused-ring (bicyclic) bond motifs is 13. The first-order valence-corrected chi connectivity index (χ1v) is 13.1. The van der Waals surface area contributed by atoms with Gasteiger partial charge in [0.2, 0.25) is 11.8 Å². The number of nitrogens with zero attached hydrogens (tertiary/aromatic N) is 3. The molecule has 2 aliphatic rings. The van der Waals surface area contributed by atoms with E-state index in [0.29, 0.717) is 31.6 Å². The van der Waals surface area contributed by atoms with Crippen LogP contribution in [-0.4, -0.2) is 49.2 Å². The minimum absolute atomic E-state index is 0.0536. The average Bonchev–Trinajstić information content (AvgIpc) is 2.92. The van der Waals surface area contributed by atoms with Gasteiger partial charge in [-0.15, -0.1) is 0 Å². The van der Waals surface area contributed by atoms with Crippen molar-refractivity contribution in [3.63, 3.8) is 0 Å². The van der Waals surface area contributed by atoms with Gasteiger partial charge in [-0.3, -0.25) is 9.59 Å². The van der Waals surface area contributed by atoms with Gasteiger partial charge in [0, 0.05) is 23.9 Å². The van der Waals surface area contributed by atoms with Crippen LogP contribution in [-0.2, 0) is 27.4 Å². The van der Waals surface area contributed by atoms with Crippen molar-refractivity contribution in [3.05, 3.63) is 76.2 Å². The van der Waals surface area contributed by atoms with Gasteiger partial charge in [0.1, 0.15) is 24.4 Å². The number of azide groups is 1. The summed E-state index contributed by atoms with van der Waals surface area (Å²) in [5, 5.41) is 12.0.